The fraction of sp³-hybridized carbons (Fsp3) is 0.154. The maximum absolute atomic E-state index is 12.1. The summed E-state index contributed by atoms with van der Waals surface area (Å²) >= 11 is 0. The van der Waals surface area contributed by atoms with E-state index in [0.29, 0.717) is 11.3 Å². The van der Waals surface area contributed by atoms with Gasteiger partial charge in [0, 0.05) is 11.8 Å². The number of hydrogen-bond donors (Lipinski definition) is 2. The van der Waals surface area contributed by atoms with Gasteiger partial charge in [-0.2, -0.15) is 0 Å². The third-order valence-corrected chi connectivity index (χ3v) is 2.88. The van der Waals surface area contributed by atoms with Gasteiger partial charge < -0.3 is 20.5 Å². The van der Waals surface area contributed by atoms with Crippen LogP contribution in [0.1, 0.15) is 16.1 Å². The number of carbonyl (C=O) groups is 1. The lowest BCUT2D eigenvalue weighted by Gasteiger charge is -2.05. The Hall–Kier alpha value is -2.67. The second-order valence-corrected chi connectivity index (χ2v) is 4.21. The van der Waals surface area contributed by atoms with Crippen LogP contribution in [0.3, 0.4) is 0 Å². The van der Waals surface area contributed by atoms with E-state index in [9.17, 15) is 14.9 Å². The first-order chi connectivity index (χ1) is 9.52. The molecule has 0 unspecified atom stereocenters. The Bertz CT molecular complexity index is 663. The highest BCUT2D eigenvalue weighted by atomic mass is 16.6. The highest BCUT2D eigenvalue weighted by Gasteiger charge is 2.20. The monoisotopic (exact) mass is 275 g/mol. The van der Waals surface area contributed by atoms with Crippen molar-refractivity contribution in [2.75, 3.05) is 5.32 Å². The molecule has 0 aliphatic carbocycles. The summed E-state index contributed by atoms with van der Waals surface area (Å²) < 4.78 is 1.21. The van der Waals surface area contributed by atoms with E-state index in [2.05, 4.69) is 5.32 Å². The molecule has 0 radical (unpaired) electrons. The van der Waals surface area contributed by atoms with Gasteiger partial charge in [0.2, 0.25) is 0 Å². The Labute approximate surface area is 114 Å². The predicted molar refractivity (Wildman–Crippen MR) is 72.4 cm³/mol. The van der Waals surface area contributed by atoms with Crippen LogP contribution in [0, 0.1) is 10.1 Å². The van der Waals surface area contributed by atoms with Gasteiger partial charge in [0.1, 0.15) is 0 Å². The molecule has 0 atom stereocenters. The number of amides is 1. The summed E-state index contributed by atoms with van der Waals surface area (Å²) in [6, 6.07) is 9.41. The van der Waals surface area contributed by atoms with E-state index in [4.69, 9.17) is 5.11 Å². The van der Waals surface area contributed by atoms with Crippen molar-refractivity contribution >= 4 is 17.4 Å². The van der Waals surface area contributed by atoms with Gasteiger partial charge in [-0.3, -0.25) is 4.79 Å². The fourth-order valence-corrected chi connectivity index (χ4v) is 1.85. The quantitative estimate of drug-likeness (QED) is 0.655. The average molecular weight is 275 g/mol. The second kappa shape index (κ2) is 5.54. The first-order valence-corrected chi connectivity index (χ1v) is 5.84. The van der Waals surface area contributed by atoms with Gasteiger partial charge in [0.05, 0.1) is 13.7 Å². The number of nitrogens with zero attached hydrogens (tertiary/aromatic N) is 2. The van der Waals surface area contributed by atoms with E-state index < -0.39 is 10.8 Å². The molecule has 7 heteroatoms. The van der Waals surface area contributed by atoms with E-state index in [0.717, 1.165) is 0 Å². The Balaban J connectivity index is 2.22. The molecule has 104 valence electrons. The Morgan fingerprint density at radius 3 is 2.75 bits per heavy atom. The topological polar surface area (TPSA) is 97.4 Å². The standard InChI is InChI=1S/C13H13N3O4/c1-15-11(5-6-12(15)16(19)20)13(18)14-10-4-2-3-9(7-10)8-17/h2-7,17H,8H2,1H3,(H,14,18). The van der Waals surface area contributed by atoms with Crippen LogP contribution in [0.25, 0.3) is 0 Å². The summed E-state index contributed by atoms with van der Waals surface area (Å²) in [5.41, 5.74) is 1.37. The Morgan fingerprint density at radius 2 is 2.15 bits per heavy atom. The van der Waals surface area contributed by atoms with Crippen molar-refractivity contribution in [3.05, 3.63) is 57.8 Å². The molecule has 0 saturated carbocycles. The van der Waals surface area contributed by atoms with E-state index in [1.807, 2.05) is 0 Å². The third kappa shape index (κ3) is 2.67. The number of anilines is 1. The number of nitro groups is 1. The molecule has 0 bridgehead atoms. The van der Waals surface area contributed by atoms with Crippen molar-refractivity contribution in [1.82, 2.24) is 4.57 Å². The van der Waals surface area contributed by atoms with Crippen molar-refractivity contribution in [2.45, 2.75) is 6.61 Å². The number of aliphatic hydroxyl groups is 1. The first kappa shape index (κ1) is 13.8. The maximum atomic E-state index is 12.1. The molecule has 0 spiro atoms. The van der Waals surface area contributed by atoms with Crippen molar-refractivity contribution < 1.29 is 14.8 Å². The lowest BCUT2D eigenvalue weighted by molar-refractivity contribution is -0.391. The molecule has 2 N–H and O–H groups in total. The zero-order valence-electron chi connectivity index (χ0n) is 10.7. The summed E-state index contributed by atoms with van der Waals surface area (Å²) in [6.45, 7) is -0.126. The molecule has 7 nitrogen and oxygen atoms in total. The van der Waals surface area contributed by atoms with E-state index in [1.165, 1.54) is 23.7 Å². The molecule has 0 aliphatic heterocycles. The molecule has 1 heterocycles. The molecule has 0 aliphatic rings. The molecule has 1 aromatic heterocycles. The van der Waals surface area contributed by atoms with E-state index in [-0.39, 0.29) is 18.1 Å². The molecule has 0 saturated heterocycles. The van der Waals surface area contributed by atoms with Crippen molar-refractivity contribution in [3.63, 3.8) is 0 Å². The van der Waals surface area contributed by atoms with E-state index in [1.54, 1.807) is 24.3 Å². The normalized spacial score (nSPS) is 10.3. The molecule has 1 amide bonds. The van der Waals surface area contributed by atoms with Crippen molar-refractivity contribution in [2.24, 2.45) is 7.05 Å². The van der Waals surface area contributed by atoms with Crippen LogP contribution in [0.15, 0.2) is 36.4 Å². The molecular weight excluding hydrogens is 262 g/mol. The third-order valence-electron chi connectivity index (χ3n) is 2.88. The fourth-order valence-electron chi connectivity index (χ4n) is 1.85. The molecule has 1 aromatic carbocycles. The van der Waals surface area contributed by atoms with Gasteiger partial charge in [-0.25, -0.2) is 4.57 Å². The summed E-state index contributed by atoms with van der Waals surface area (Å²) in [4.78, 5) is 22.2. The van der Waals surface area contributed by atoms with Crippen LogP contribution in [0.5, 0.6) is 0 Å². The van der Waals surface area contributed by atoms with Gasteiger partial charge in [0.15, 0.2) is 5.69 Å². The maximum Gasteiger partial charge on any atom is 0.323 e. The van der Waals surface area contributed by atoms with Gasteiger partial charge in [-0.15, -0.1) is 0 Å². The highest BCUT2D eigenvalue weighted by Crippen LogP contribution is 2.17. The number of aromatic nitrogens is 1. The zero-order chi connectivity index (χ0) is 14.7. The number of nitrogens with one attached hydrogen (secondary N) is 1. The second-order valence-electron chi connectivity index (χ2n) is 4.21. The summed E-state index contributed by atoms with van der Waals surface area (Å²) in [5, 5.41) is 22.4. The van der Waals surface area contributed by atoms with Gasteiger partial charge in [-0.05, 0) is 28.7 Å². The van der Waals surface area contributed by atoms with Crippen LogP contribution in [-0.4, -0.2) is 20.5 Å². The number of aliphatic hydroxyl groups excluding tert-OH is 1. The molecule has 2 aromatic rings. The Morgan fingerprint density at radius 1 is 1.40 bits per heavy atom. The smallest absolute Gasteiger partial charge is 0.323 e. The SMILES string of the molecule is Cn1c(C(=O)Nc2cccc(CO)c2)ccc1[N+](=O)[O-]. The number of hydrogen-bond acceptors (Lipinski definition) is 4. The number of carbonyl (C=O) groups excluding carboxylic acids is 1. The lowest BCUT2D eigenvalue weighted by Crippen LogP contribution is -2.16. The van der Waals surface area contributed by atoms with Crippen LogP contribution in [-0.2, 0) is 13.7 Å². The van der Waals surface area contributed by atoms with Gasteiger partial charge >= 0.3 is 5.82 Å². The van der Waals surface area contributed by atoms with Crippen molar-refractivity contribution in [3.8, 4) is 0 Å². The summed E-state index contributed by atoms with van der Waals surface area (Å²) in [6.07, 6.45) is 0. The summed E-state index contributed by atoms with van der Waals surface area (Å²) in [5.74, 6) is -0.602. The largest absolute Gasteiger partial charge is 0.392 e. The van der Waals surface area contributed by atoms with Crippen molar-refractivity contribution in [1.29, 1.82) is 0 Å². The summed E-state index contributed by atoms with van der Waals surface area (Å²) in [7, 11) is 1.46. The van der Waals surface area contributed by atoms with Gasteiger partial charge in [-0.1, -0.05) is 12.1 Å². The average Bonchev–Trinajstić information content (AvgIpc) is 2.81. The number of benzene rings is 1. The zero-order valence-corrected chi connectivity index (χ0v) is 10.7. The van der Waals surface area contributed by atoms with Crippen LogP contribution in [0.2, 0.25) is 0 Å². The molecular formula is C13H13N3O4. The highest BCUT2D eigenvalue weighted by molar-refractivity contribution is 6.03. The molecule has 2 rings (SSSR count). The number of rotatable bonds is 4. The van der Waals surface area contributed by atoms with Crippen LogP contribution in [0.4, 0.5) is 11.5 Å². The predicted octanol–water partition coefficient (Wildman–Crippen LogP) is 1.68. The minimum Gasteiger partial charge on any atom is -0.392 e. The van der Waals surface area contributed by atoms with Crippen LogP contribution < -0.4 is 5.32 Å². The van der Waals surface area contributed by atoms with Gasteiger partial charge in [0.25, 0.3) is 5.91 Å². The minimum absolute atomic E-state index is 0.126. The minimum atomic E-state index is -0.552. The first-order valence-electron chi connectivity index (χ1n) is 5.84. The van der Waals surface area contributed by atoms with E-state index >= 15 is 0 Å². The molecule has 20 heavy (non-hydrogen) atoms. The molecule has 0 fully saturated rings. The Kier molecular flexibility index (Phi) is 3.81. The lowest BCUT2D eigenvalue weighted by atomic mass is 10.2. The van der Waals surface area contributed by atoms with Crippen LogP contribution >= 0.6 is 0 Å².